The Balaban J connectivity index is 2.62. The third-order valence-electron chi connectivity index (χ3n) is 2.49. The van der Waals surface area contributed by atoms with Gasteiger partial charge < -0.3 is 0 Å². The highest BCUT2D eigenvalue weighted by Gasteiger charge is 2.15. The molecule has 2 heteroatoms. The van der Waals surface area contributed by atoms with Crippen LogP contribution in [0.5, 0.6) is 0 Å². The summed E-state index contributed by atoms with van der Waals surface area (Å²) in [6.45, 7) is 4.19. The van der Waals surface area contributed by atoms with Gasteiger partial charge in [0.15, 0.2) is 0 Å². The zero-order valence-electron chi connectivity index (χ0n) is 8.72. The molecule has 0 amide bonds. The molecule has 0 bridgehead atoms. The van der Waals surface area contributed by atoms with Crippen LogP contribution in [-0.4, -0.2) is 0 Å². The van der Waals surface area contributed by atoms with Crippen molar-refractivity contribution in [2.75, 3.05) is 0 Å². The first-order valence-corrected chi connectivity index (χ1v) is 5.65. The van der Waals surface area contributed by atoms with E-state index in [1.54, 1.807) is 6.07 Å². The first kappa shape index (κ1) is 10.6. The Morgan fingerprint density at radius 3 is 2.27 bits per heavy atom. The molecule has 78 valence electrons. The lowest BCUT2D eigenvalue weighted by Gasteiger charge is -2.17. The number of benzene rings is 2. The molecule has 0 nitrogen and oxygen atoms in total. The third kappa shape index (κ3) is 2.20. The van der Waals surface area contributed by atoms with Crippen LogP contribution >= 0.6 is 15.9 Å². The Morgan fingerprint density at radius 2 is 1.60 bits per heavy atom. The molecule has 0 aliphatic heterocycles. The van der Waals surface area contributed by atoms with E-state index in [-0.39, 0.29) is 10.1 Å². The van der Waals surface area contributed by atoms with Gasteiger partial charge in [-0.1, -0.05) is 34.1 Å². The molecule has 2 aromatic carbocycles. The molecule has 0 N–H and O–H groups in total. The summed E-state index contributed by atoms with van der Waals surface area (Å²) in [6, 6.07) is 10.9. The van der Waals surface area contributed by atoms with Crippen LogP contribution < -0.4 is 0 Å². The Bertz CT molecular complexity index is 497. The Kier molecular flexibility index (Phi) is 2.55. The number of hydrogen-bond acceptors (Lipinski definition) is 0. The van der Waals surface area contributed by atoms with Crippen molar-refractivity contribution in [2.24, 2.45) is 0 Å². The molecule has 0 fully saturated rings. The van der Waals surface area contributed by atoms with Gasteiger partial charge in [-0.2, -0.15) is 0 Å². The fraction of sp³-hybridized carbons (Fsp3) is 0.231. The minimum atomic E-state index is -0.187. The molecule has 0 aliphatic rings. The smallest absolute Gasteiger partial charge is 0.123 e. The van der Waals surface area contributed by atoms with E-state index in [2.05, 4.69) is 35.8 Å². The predicted molar refractivity (Wildman–Crippen MR) is 65.9 cm³/mol. The van der Waals surface area contributed by atoms with Gasteiger partial charge >= 0.3 is 0 Å². The van der Waals surface area contributed by atoms with Crippen LogP contribution in [0.15, 0.2) is 36.4 Å². The zero-order valence-corrected chi connectivity index (χ0v) is 10.3. The van der Waals surface area contributed by atoms with Crippen LogP contribution in [0.4, 0.5) is 4.39 Å². The van der Waals surface area contributed by atoms with Crippen LogP contribution in [0.2, 0.25) is 0 Å². The second-order valence-electron chi connectivity index (χ2n) is 4.18. The monoisotopic (exact) mass is 266 g/mol. The van der Waals surface area contributed by atoms with Gasteiger partial charge in [0.25, 0.3) is 0 Å². The summed E-state index contributed by atoms with van der Waals surface area (Å²) in [7, 11) is 0. The van der Waals surface area contributed by atoms with E-state index in [0.717, 1.165) is 10.8 Å². The van der Waals surface area contributed by atoms with Crippen LogP contribution in [0.1, 0.15) is 19.4 Å². The second-order valence-corrected chi connectivity index (χ2v) is 6.16. The fourth-order valence-electron chi connectivity index (χ4n) is 1.59. The van der Waals surface area contributed by atoms with Crippen LogP contribution in [0.25, 0.3) is 10.8 Å². The van der Waals surface area contributed by atoms with Crippen molar-refractivity contribution in [2.45, 2.75) is 18.2 Å². The van der Waals surface area contributed by atoms with E-state index in [1.807, 2.05) is 18.2 Å². The van der Waals surface area contributed by atoms with Crippen LogP contribution in [-0.2, 0) is 4.32 Å². The largest absolute Gasteiger partial charge is 0.207 e. The van der Waals surface area contributed by atoms with Gasteiger partial charge in [0.2, 0.25) is 0 Å². The van der Waals surface area contributed by atoms with E-state index in [4.69, 9.17) is 0 Å². The highest BCUT2D eigenvalue weighted by Crippen LogP contribution is 2.31. The molecule has 0 radical (unpaired) electrons. The van der Waals surface area contributed by atoms with Crippen molar-refractivity contribution in [3.63, 3.8) is 0 Å². The molecule has 0 aromatic heterocycles. The number of rotatable bonds is 1. The van der Waals surface area contributed by atoms with E-state index < -0.39 is 0 Å². The average Bonchev–Trinajstić information content (AvgIpc) is 2.15. The van der Waals surface area contributed by atoms with E-state index >= 15 is 0 Å². The van der Waals surface area contributed by atoms with Gasteiger partial charge in [-0.05, 0) is 48.4 Å². The molecule has 0 heterocycles. The van der Waals surface area contributed by atoms with Gasteiger partial charge in [-0.15, -0.1) is 0 Å². The average molecular weight is 267 g/mol. The van der Waals surface area contributed by atoms with Gasteiger partial charge in [0.05, 0.1) is 0 Å². The van der Waals surface area contributed by atoms with Gasteiger partial charge in [-0.25, -0.2) is 4.39 Å². The van der Waals surface area contributed by atoms with Gasteiger partial charge in [-0.3, -0.25) is 0 Å². The number of alkyl halides is 1. The quantitative estimate of drug-likeness (QED) is 0.662. The summed E-state index contributed by atoms with van der Waals surface area (Å²) in [5, 5.41) is 2.01. The summed E-state index contributed by atoms with van der Waals surface area (Å²) >= 11 is 3.61. The summed E-state index contributed by atoms with van der Waals surface area (Å²) in [6.07, 6.45) is 0. The molecule has 0 saturated carbocycles. The van der Waals surface area contributed by atoms with Gasteiger partial charge in [0, 0.05) is 4.32 Å². The molecular weight excluding hydrogens is 255 g/mol. The molecular formula is C13H12BrF. The third-order valence-corrected chi connectivity index (χ3v) is 2.95. The summed E-state index contributed by atoms with van der Waals surface area (Å²) in [5.74, 6) is -0.187. The minimum absolute atomic E-state index is 0.0461. The van der Waals surface area contributed by atoms with Crippen molar-refractivity contribution in [1.29, 1.82) is 0 Å². The first-order valence-electron chi connectivity index (χ1n) is 4.85. The molecule has 15 heavy (non-hydrogen) atoms. The molecule has 2 aromatic rings. The van der Waals surface area contributed by atoms with Crippen molar-refractivity contribution in [3.8, 4) is 0 Å². The van der Waals surface area contributed by atoms with E-state index in [9.17, 15) is 4.39 Å². The maximum Gasteiger partial charge on any atom is 0.123 e. The standard InChI is InChI=1S/C13H12BrF/c1-13(2,14)11-5-3-10-8-12(15)6-4-9(10)7-11/h3-8H,1-2H3. The van der Waals surface area contributed by atoms with Crippen molar-refractivity contribution >= 4 is 26.7 Å². The lowest BCUT2D eigenvalue weighted by atomic mass is 9.99. The topological polar surface area (TPSA) is 0 Å². The number of fused-ring (bicyclic) bond motifs is 1. The van der Waals surface area contributed by atoms with Crippen LogP contribution in [0.3, 0.4) is 0 Å². The first-order chi connectivity index (χ1) is 6.97. The van der Waals surface area contributed by atoms with Crippen molar-refractivity contribution in [3.05, 3.63) is 47.8 Å². The maximum atomic E-state index is 13.0. The minimum Gasteiger partial charge on any atom is -0.207 e. The lowest BCUT2D eigenvalue weighted by molar-refractivity contribution is 0.629. The molecule has 0 spiro atoms. The zero-order chi connectivity index (χ0) is 11.1. The van der Waals surface area contributed by atoms with Crippen molar-refractivity contribution in [1.82, 2.24) is 0 Å². The normalized spacial score (nSPS) is 12.0. The maximum absolute atomic E-state index is 13.0. The molecule has 0 saturated heterocycles. The Hall–Kier alpha value is -0.890. The Labute approximate surface area is 97.2 Å². The van der Waals surface area contributed by atoms with Crippen molar-refractivity contribution < 1.29 is 4.39 Å². The highest BCUT2D eigenvalue weighted by molar-refractivity contribution is 9.09. The van der Waals surface area contributed by atoms with Gasteiger partial charge in [0.1, 0.15) is 5.82 Å². The number of hydrogen-bond donors (Lipinski definition) is 0. The Morgan fingerprint density at radius 1 is 1.00 bits per heavy atom. The number of halogens is 2. The lowest BCUT2D eigenvalue weighted by Crippen LogP contribution is -2.05. The highest BCUT2D eigenvalue weighted by atomic mass is 79.9. The van der Waals surface area contributed by atoms with E-state index in [1.165, 1.54) is 11.6 Å². The molecule has 2 rings (SSSR count). The summed E-state index contributed by atoms with van der Waals surface area (Å²) in [4.78, 5) is 0. The predicted octanol–water partition coefficient (Wildman–Crippen LogP) is 4.61. The SMILES string of the molecule is CC(C)(Br)c1ccc2cc(F)ccc2c1. The summed E-state index contributed by atoms with van der Waals surface area (Å²) < 4.78 is 12.9. The summed E-state index contributed by atoms with van der Waals surface area (Å²) in [5.41, 5.74) is 1.20. The second kappa shape index (κ2) is 3.60. The molecule has 0 unspecified atom stereocenters. The molecule has 0 aliphatic carbocycles. The van der Waals surface area contributed by atoms with Crippen LogP contribution in [0, 0.1) is 5.82 Å². The van der Waals surface area contributed by atoms with E-state index in [0.29, 0.717) is 0 Å². The molecule has 0 atom stereocenters. The fourth-order valence-corrected chi connectivity index (χ4v) is 1.83.